The van der Waals surface area contributed by atoms with Gasteiger partial charge in [-0.1, -0.05) is 42.0 Å². The summed E-state index contributed by atoms with van der Waals surface area (Å²) in [5, 5.41) is 4.48. The van der Waals surface area contributed by atoms with Gasteiger partial charge in [-0.2, -0.15) is 9.78 Å². The molecule has 0 saturated carbocycles. The first kappa shape index (κ1) is 21.6. The average molecular weight is 472 g/mol. The molecule has 0 bridgehead atoms. The average Bonchev–Trinajstić information content (AvgIpc) is 3.12. The highest BCUT2D eigenvalue weighted by Gasteiger charge is 2.30. The molecule has 8 nitrogen and oxygen atoms in total. The third-order valence-corrected chi connectivity index (χ3v) is 7.30. The van der Waals surface area contributed by atoms with E-state index in [1.54, 1.807) is 30.5 Å². The molecule has 170 valence electrons. The van der Waals surface area contributed by atoms with Gasteiger partial charge in [-0.3, -0.25) is 0 Å². The topological polar surface area (TPSA) is 112 Å². The second kappa shape index (κ2) is 8.27. The largest absolute Gasteiger partial charge is 0.497 e. The smallest absolute Gasteiger partial charge is 0.212 e. The van der Waals surface area contributed by atoms with Crippen molar-refractivity contribution in [2.75, 3.05) is 12.8 Å². The van der Waals surface area contributed by atoms with E-state index in [0.717, 1.165) is 11.1 Å². The number of fused-ring (bicyclic) bond motifs is 2. The number of sulfone groups is 1. The SMILES string of the molecule is COc1ccc(S(=O)(=O)c2c(N)n(/N=C\c3ccc(C)cc3)c3nc4ccccc4nc23)cc1. The second-order valence-electron chi connectivity index (χ2n) is 7.74. The highest BCUT2D eigenvalue weighted by Crippen LogP contribution is 2.35. The van der Waals surface area contributed by atoms with Crippen molar-refractivity contribution in [1.29, 1.82) is 0 Å². The van der Waals surface area contributed by atoms with Gasteiger partial charge in [-0.25, -0.2) is 18.4 Å². The minimum absolute atomic E-state index is 0.0653. The van der Waals surface area contributed by atoms with E-state index in [-0.39, 0.29) is 26.8 Å². The lowest BCUT2D eigenvalue weighted by Crippen LogP contribution is -2.06. The van der Waals surface area contributed by atoms with Crippen LogP contribution in [0.2, 0.25) is 0 Å². The summed E-state index contributed by atoms with van der Waals surface area (Å²) in [4.78, 5) is 9.19. The Bertz CT molecular complexity index is 1660. The zero-order valence-electron chi connectivity index (χ0n) is 18.5. The lowest BCUT2D eigenvalue weighted by Gasteiger charge is -2.06. The fraction of sp³-hybridized carbons (Fsp3) is 0.0800. The zero-order chi connectivity index (χ0) is 23.9. The van der Waals surface area contributed by atoms with Gasteiger partial charge in [0.1, 0.15) is 22.0 Å². The highest BCUT2D eigenvalue weighted by molar-refractivity contribution is 7.92. The van der Waals surface area contributed by atoms with Crippen molar-refractivity contribution in [3.05, 3.63) is 83.9 Å². The van der Waals surface area contributed by atoms with Crippen molar-refractivity contribution in [1.82, 2.24) is 14.6 Å². The molecule has 0 aliphatic rings. The number of rotatable bonds is 5. The van der Waals surface area contributed by atoms with E-state index in [1.165, 1.54) is 23.9 Å². The van der Waals surface area contributed by atoms with Crippen LogP contribution in [0.25, 0.3) is 22.2 Å². The van der Waals surface area contributed by atoms with Gasteiger partial charge in [0, 0.05) is 0 Å². The van der Waals surface area contributed by atoms with Crippen LogP contribution in [0.3, 0.4) is 0 Å². The van der Waals surface area contributed by atoms with Crippen LogP contribution in [-0.2, 0) is 9.84 Å². The van der Waals surface area contributed by atoms with Gasteiger partial charge in [0.15, 0.2) is 5.65 Å². The predicted octanol–water partition coefficient (Wildman–Crippen LogP) is 4.20. The van der Waals surface area contributed by atoms with E-state index in [0.29, 0.717) is 16.8 Å². The van der Waals surface area contributed by atoms with Gasteiger partial charge in [-0.15, -0.1) is 0 Å². The van der Waals surface area contributed by atoms with Crippen molar-refractivity contribution in [2.24, 2.45) is 5.10 Å². The number of para-hydroxylation sites is 2. The lowest BCUT2D eigenvalue weighted by molar-refractivity contribution is 0.414. The van der Waals surface area contributed by atoms with Crippen molar-refractivity contribution in [3.8, 4) is 5.75 Å². The summed E-state index contributed by atoms with van der Waals surface area (Å²) in [6.07, 6.45) is 1.61. The molecule has 0 spiro atoms. The van der Waals surface area contributed by atoms with Crippen molar-refractivity contribution < 1.29 is 13.2 Å². The maximum absolute atomic E-state index is 13.7. The number of benzene rings is 3. The molecular weight excluding hydrogens is 450 g/mol. The summed E-state index contributed by atoms with van der Waals surface area (Å²) in [7, 11) is -2.52. The Kier molecular flexibility index (Phi) is 5.25. The van der Waals surface area contributed by atoms with Crippen LogP contribution in [0.15, 0.2) is 87.7 Å². The normalized spacial score (nSPS) is 12.1. The van der Waals surface area contributed by atoms with Gasteiger partial charge in [0.25, 0.3) is 0 Å². The van der Waals surface area contributed by atoms with Gasteiger partial charge in [-0.05, 0) is 48.9 Å². The molecule has 0 atom stereocenters. The minimum atomic E-state index is -4.04. The van der Waals surface area contributed by atoms with Crippen LogP contribution in [0.4, 0.5) is 5.82 Å². The maximum Gasteiger partial charge on any atom is 0.212 e. The highest BCUT2D eigenvalue weighted by atomic mass is 32.2. The van der Waals surface area contributed by atoms with Crippen LogP contribution in [-0.4, -0.2) is 36.4 Å². The summed E-state index contributed by atoms with van der Waals surface area (Å²) in [6.45, 7) is 2.00. The Morgan fingerprint density at radius 1 is 0.941 bits per heavy atom. The van der Waals surface area contributed by atoms with Gasteiger partial charge >= 0.3 is 0 Å². The van der Waals surface area contributed by atoms with Crippen LogP contribution >= 0.6 is 0 Å². The third-order valence-electron chi connectivity index (χ3n) is 5.47. The van der Waals surface area contributed by atoms with E-state index in [4.69, 9.17) is 10.5 Å². The summed E-state index contributed by atoms with van der Waals surface area (Å²) in [5.74, 6) is 0.479. The second-order valence-corrected chi connectivity index (χ2v) is 9.63. The summed E-state index contributed by atoms with van der Waals surface area (Å²) >= 11 is 0. The molecule has 2 aromatic heterocycles. The van der Waals surface area contributed by atoms with E-state index in [1.807, 2.05) is 43.3 Å². The number of methoxy groups -OCH3 is 1. The third kappa shape index (κ3) is 3.65. The Balaban J connectivity index is 1.76. The van der Waals surface area contributed by atoms with Crippen molar-refractivity contribution in [3.63, 3.8) is 0 Å². The Morgan fingerprint density at radius 3 is 2.24 bits per heavy atom. The molecule has 9 heteroatoms. The molecule has 0 fully saturated rings. The summed E-state index contributed by atoms with van der Waals surface area (Å²) in [5.41, 5.74) is 9.94. The first-order valence-corrected chi connectivity index (χ1v) is 11.9. The molecular formula is C25H21N5O3S. The number of aromatic nitrogens is 3. The number of anilines is 1. The van der Waals surface area contributed by atoms with E-state index >= 15 is 0 Å². The quantitative estimate of drug-likeness (QED) is 0.385. The molecule has 0 unspecified atom stereocenters. The van der Waals surface area contributed by atoms with Crippen LogP contribution in [0, 0.1) is 6.92 Å². The summed E-state index contributed by atoms with van der Waals surface area (Å²) in [6, 6.07) is 21.1. The molecule has 5 rings (SSSR count). The van der Waals surface area contributed by atoms with E-state index in [9.17, 15) is 8.42 Å². The molecule has 0 aliphatic carbocycles. The monoisotopic (exact) mass is 471 g/mol. The lowest BCUT2D eigenvalue weighted by atomic mass is 10.2. The Morgan fingerprint density at radius 2 is 1.59 bits per heavy atom. The molecule has 5 aromatic rings. The number of hydrogen-bond acceptors (Lipinski definition) is 7. The molecule has 34 heavy (non-hydrogen) atoms. The molecule has 2 N–H and O–H groups in total. The molecule has 0 saturated heterocycles. The number of aryl methyl sites for hydroxylation is 1. The number of hydrogen-bond donors (Lipinski definition) is 1. The standard InChI is InChI=1S/C25H21N5O3S/c1-16-7-9-17(10-8-16)15-27-30-24(26)23(34(31,32)19-13-11-18(33-2)12-14-19)22-25(30)29-21-6-4-3-5-20(21)28-22/h3-15H,26H2,1-2H3/b27-15-. The fourth-order valence-electron chi connectivity index (χ4n) is 3.65. The van der Waals surface area contributed by atoms with Crippen molar-refractivity contribution >= 4 is 44.1 Å². The van der Waals surface area contributed by atoms with Crippen LogP contribution < -0.4 is 10.5 Å². The van der Waals surface area contributed by atoms with Gasteiger partial charge in [0.05, 0.1) is 29.3 Å². The Hall–Kier alpha value is -4.24. The number of ether oxygens (including phenoxy) is 1. The van der Waals surface area contributed by atoms with Gasteiger partial charge in [0.2, 0.25) is 9.84 Å². The van der Waals surface area contributed by atoms with E-state index in [2.05, 4.69) is 15.1 Å². The number of nitrogens with zero attached hydrogens (tertiary/aromatic N) is 4. The van der Waals surface area contributed by atoms with Crippen LogP contribution in [0.1, 0.15) is 11.1 Å². The molecule has 2 heterocycles. The molecule has 0 radical (unpaired) electrons. The molecule has 3 aromatic carbocycles. The summed E-state index contributed by atoms with van der Waals surface area (Å²) < 4.78 is 33.8. The van der Waals surface area contributed by atoms with Gasteiger partial charge < -0.3 is 10.5 Å². The Labute approximate surface area is 196 Å². The first-order valence-electron chi connectivity index (χ1n) is 10.5. The molecule has 0 aliphatic heterocycles. The first-order chi connectivity index (χ1) is 16.4. The number of nitrogen functional groups attached to an aromatic ring is 1. The fourth-order valence-corrected chi connectivity index (χ4v) is 5.14. The van der Waals surface area contributed by atoms with Crippen LogP contribution in [0.5, 0.6) is 5.75 Å². The van der Waals surface area contributed by atoms with Crippen molar-refractivity contribution in [2.45, 2.75) is 16.7 Å². The maximum atomic E-state index is 13.7. The zero-order valence-corrected chi connectivity index (χ0v) is 19.3. The molecule has 0 amide bonds. The van der Waals surface area contributed by atoms with E-state index < -0.39 is 9.84 Å². The predicted molar refractivity (Wildman–Crippen MR) is 132 cm³/mol. The number of nitrogens with two attached hydrogens (primary N) is 1. The minimum Gasteiger partial charge on any atom is -0.497 e.